The fourth-order valence-electron chi connectivity index (χ4n) is 1.30. The second-order valence-corrected chi connectivity index (χ2v) is 4.90. The maximum Gasteiger partial charge on any atom is 0.256 e. The van der Waals surface area contributed by atoms with E-state index >= 15 is 0 Å². The highest BCUT2D eigenvalue weighted by molar-refractivity contribution is 7.99. The molecule has 0 spiro atoms. The van der Waals surface area contributed by atoms with Gasteiger partial charge in [0, 0.05) is 24.1 Å². The Morgan fingerprint density at radius 3 is 3.00 bits per heavy atom. The number of hydrogen-bond donors (Lipinski definition) is 1. The molecule has 0 aliphatic carbocycles. The van der Waals surface area contributed by atoms with Gasteiger partial charge in [0.25, 0.3) is 5.22 Å². The number of fused-ring (bicyclic) bond motifs is 1. The molecule has 16 heavy (non-hydrogen) atoms. The van der Waals surface area contributed by atoms with Gasteiger partial charge in [0.15, 0.2) is 5.58 Å². The lowest BCUT2D eigenvalue weighted by Gasteiger charge is -2.06. The van der Waals surface area contributed by atoms with Gasteiger partial charge in [-0.05, 0) is 26.2 Å². The van der Waals surface area contributed by atoms with Crippen LogP contribution in [-0.4, -0.2) is 36.3 Å². The number of nitrogen functional groups attached to an aromatic ring is 1. The SMILES string of the molecule is CN(C)CCSc1nc2ccc(N)cc2o1. The number of hydrogen-bond acceptors (Lipinski definition) is 5. The normalized spacial score (nSPS) is 11.4. The first-order valence-electron chi connectivity index (χ1n) is 5.09. The second-order valence-electron chi connectivity index (χ2n) is 3.86. The van der Waals surface area contributed by atoms with Crippen molar-refractivity contribution in [2.45, 2.75) is 5.22 Å². The zero-order valence-corrected chi connectivity index (χ0v) is 10.3. The number of anilines is 1. The van der Waals surface area contributed by atoms with Crippen LogP contribution in [0.1, 0.15) is 0 Å². The van der Waals surface area contributed by atoms with Crippen LogP contribution in [-0.2, 0) is 0 Å². The molecule has 0 fully saturated rings. The summed E-state index contributed by atoms with van der Waals surface area (Å²) in [6.07, 6.45) is 0. The summed E-state index contributed by atoms with van der Waals surface area (Å²) in [5.74, 6) is 0.968. The molecule has 1 aromatic heterocycles. The van der Waals surface area contributed by atoms with Crippen LogP contribution in [0.4, 0.5) is 5.69 Å². The molecule has 2 aromatic rings. The average molecular weight is 237 g/mol. The highest BCUT2D eigenvalue weighted by atomic mass is 32.2. The van der Waals surface area contributed by atoms with Crippen LogP contribution in [0.3, 0.4) is 0 Å². The van der Waals surface area contributed by atoms with Crippen molar-refractivity contribution < 1.29 is 4.42 Å². The van der Waals surface area contributed by atoms with E-state index in [4.69, 9.17) is 10.2 Å². The average Bonchev–Trinajstić information content (AvgIpc) is 2.58. The number of rotatable bonds is 4. The number of nitrogens with two attached hydrogens (primary N) is 1. The van der Waals surface area contributed by atoms with Crippen LogP contribution >= 0.6 is 11.8 Å². The van der Waals surface area contributed by atoms with Gasteiger partial charge in [-0.15, -0.1) is 0 Å². The molecule has 0 amide bonds. The predicted molar refractivity (Wildman–Crippen MR) is 67.7 cm³/mol. The molecule has 0 bridgehead atoms. The Labute approximate surface area is 98.8 Å². The Morgan fingerprint density at radius 1 is 1.44 bits per heavy atom. The summed E-state index contributed by atoms with van der Waals surface area (Å²) in [7, 11) is 4.10. The van der Waals surface area contributed by atoms with E-state index < -0.39 is 0 Å². The van der Waals surface area contributed by atoms with Crippen LogP contribution < -0.4 is 5.73 Å². The van der Waals surface area contributed by atoms with Gasteiger partial charge < -0.3 is 15.1 Å². The van der Waals surface area contributed by atoms with Crippen molar-refractivity contribution in [1.82, 2.24) is 9.88 Å². The predicted octanol–water partition coefficient (Wildman–Crippen LogP) is 2.06. The lowest BCUT2D eigenvalue weighted by atomic mass is 10.3. The number of aromatic nitrogens is 1. The highest BCUT2D eigenvalue weighted by Crippen LogP contribution is 2.24. The van der Waals surface area contributed by atoms with Gasteiger partial charge in [-0.1, -0.05) is 11.8 Å². The van der Waals surface area contributed by atoms with Gasteiger partial charge in [0.05, 0.1) is 0 Å². The molecule has 1 aromatic carbocycles. The fraction of sp³-hybridized carbons (Fsp3) is 0.364. The molecule has 0 aliphatic heterocycles. The molecule has 86 valence electrons. The third kappa shape index (κ3) is 2.68. The van der Waals surface area contributed by atoms with Crippen molar-refractivity contribution in [3.8, 4) is 0 Å². The largest absolute Gasteiger partial charge is 0.431 e. The minimum atomic E-state index is 0.702. The number of oxazole rings is 1. The van der Waals surface area contributed by atoms with Crippen molar-refractivity contribution in [3.63, 3.8) is 0 Å². The fourth-order valence-corrected chi connectivity index (χ4v) is 2.24. The van der Waals surface area contributed by atoms with E-state index in [0.717, 1.165) is 23.4 Å². The van der Waals surface area contributed by atoms with E-state index in [2.05, 4.69) is 9.88 Å². The summed E-state index contributed by atoms with van der Waals surface area (Å²) < 4.78 is 5.58. The Hall–Kier alpha value is -1.20. The van der Waals surface area contributed by atoms with Gasteiger partial charge in [-0.2, -0.15) is 0 Å². The van der Waals surface area contributed by atoms with E-state index in [1.807, 2.05) is 26.2 Å². The van der Waals surface area contributed by atoms with Crippen LogP contribution in [0.25, 0.3) is 11.1 Å². The maximum atomic E-state index is 5.67. The number of nitrogens with zero attached hydrogens (tertiary/aromatic N) is 2. The zero-order valence-electron chi connectivity index (χ0n) is 9.43. The molecule has 0 saturated heterocycles. The summed E-state index contributed by atoms with van der Waals surface area (Å²) >= 11 is 1.62. The highest BCUT2D eigenvalue weighted by Gasteiger charge is 2.06. The summed E-state index contributed by atoms with van der Waals surface area (Å²) in [6, 6.07) is 5.52. The first-order valence-corrected chi connectivity index (χ1v) is 6.07. The molecular formula is C11H15N3OS. The summed E-state index contributed by atoms with van der Waals surface area (Å²) in [6.45, 7) is 1.01. The molecule has 4 nitrogen and oxygen atoms in total. The van der Waals surface area contributed by atoms with Crippen LogP contribution in [0.5, 0.6) is 0 Å². The number of thioether (sulfide) groups is 1. The van der Waals surface area contributed by atoms with Crippen molar-refractivity contribution >= 4 is 28.5 Å². The first kappa shape index (κ1) is 11.3. The molecule has 0 unspecified atom stereocenters. The summed E-state index contributed by atoms with van der Waals surface area (Å²) in [4.78, 5) is 6.51. The minimum absolute atomic E-state index is 0.702. The molecule has 2 rings (SSSR count). The van der Waals surface area contributed by atoms with Crippen molar-refractivity contribution in [1.29, 1.82) is 0 Å². The Balaban J connectivity index is 2.08. The monoisotopic (exact) mass is 237 g/mol. The van der Waals surface area contributed by atoms with Crippen molar-refractivity contribution in [3.05, 3.63) is 18.2 Å². The van der Waals surface area contributed by atoms with E-state index in [9.17, 15) is 0 Å². The first-order chi connectivity index (χ1) is 7.65. The van der Waals surface area contributed by atoms with Crippen LogP contribution in [0, 0.1) is 0 Å². The minimum Gasteiger partial charge on any atom is -0.431 e. The second kappa shape index (κ2) is 4.76. The lowest BCUT2D eigenvalue weighted by Crippen LogP contribution is -2.14. The molecule has 5 heteroatoms. The summed E-state index contributed by atoms with van der Waals surface area (Å²) in [5, 5.41) is 0.711. The molecule has 1 heterocycles. The van der Waals surface area contributed by atoms with E-state index in [1.165, 1.54) is 0 Å². The quantitative estimate of drug-likeness (QED) is 0.651. The topological polar surface area (TPSA) is 55.3 Å². The van der Waals surface area contributed by atoms with Crippen LogP contribution in [0.15, 0.2) is 27.8 Å². The third-order valence-electron chi connectivity index (χ3n) is 2.16. The molecule has 0 aliphatic rings. The van der Waals surface area contributed by atoms with Gasteiger partial charge in [-0.3, -0.25) is 0 Å². The molecule has 2 N–H and O–H groups in total. The molecule has 0 atom stereocenters. The Bertz CT molecular complexity index is 481. The third-order valence-corrected chi connectivity index (χ3v) is 2.97. The standard InChI is InChI=1S/C11H15N3OS/c1-14(2)5-6-16-11-13-9-4-3-8(12)7-10(9)15-11/h3-4,7H,5-6,12H2,1-2H3. The summed E-state index contributed by atoms with van der Waals surface area (Å²) in [5.41, 5.74) is 7.99. The molecular weight excluding hydrogens is 222 g/mol. The Kier molecular flexibility index (Phi) is 3.36. The lowest BCUT2D eigenvalue weighted by molar-refractivity contribution is 0.435. The van der Waals surface area contributed by atoms with Gasteiger partial charge in [-0.25, -0.2) is 4.98 Å². The van der Waals surface area contributed by atoms with E-state index in [1.54, 1.807) is 17.8 Å². The van der Waals surface area contributed by atoms with Crippen molar-refractivity contribution in [2.75, 3.05) is 32.1 Å². The molecule has 0 radical (unpaired) electrons. The maximum absolute atomic E-state index is 5.67. The van der Waals surface area contributed by atoms with Crippen LogP contribution in [0.2, 0.25) is 0 Å². The van der Waals surface area contributed by atoms with Crippen molar-refractivity contribution in [2.24, 2.45) is 0 Å². The van der Waals surface area contributed by atoms with E-state index in [0.29, 0.717) is 10.9 Å². The van der Waals surface area contributed by atoms with Gasteiger partial charge in [0.2, 0.25) is 0 Å². The van der Waals surface area contributed by atoms with Gasteiger partial charge >= 0.3 is 0 Å². The van der Waals surface area contributed by atoms with Gasteiger partial charge in [0.1, 0.15) is 5.52 Å². The molecule has 0 saturated carbocycles. The Morgan fingerprint density at radius 2 is 2.25 bits per heavy atom. The smallest absolute Gasteiger partial charge is 0.256 e. The zero-order chi connectivity index (χ0) is 11.5. The number of benzene rings is 1. The van der Waals surface area contributed by atoms with E-state index in [-0.39, 0.29) is 0 Å².